The number of ether oxygens (including phenoxy) is 1. The molecular weight excluding hydrogens is 504 g/mol. The fourth-order valence-electron chi connectivity index (χ4n) is 5.78. The first kappa shape index (κ1) is 25.7. The first-order valence-electron chi connectivity index (χ1n) is 12.4. The molecule has 0 amide bonds. The number of carboxylic acid groups (broad SMARTS) is 1. The number of anilines is 3. The van der Waals surface area contributed by atoms with Crippen LogP contribution in [-0.4, -0.2) is 64.7 Å². The maximum absolute atomic E-state index is 13.6. The number of nitrogens with zero attached hydrogens (tertiary/aromatic N) is 3. The molecule has 1 aromatic carbocycles. The topological polar surface area (TPSA) is 99.6 Å². The summed E-state index contributed by atoms with van der Waals surface area (Å²) in [6.45, 7) is 1.77. The van der Waals surface area contributed by atoms with Gasteiger partial charge in [0.05, 0.1) is 31.5 Å². The molecule has 8 nitrogen and oxygen atoms in total. The molecule has 0 saturated heterocycles. The molecule has 4 atom stereocenters. The van der Waals surface area contributed by atoms with Crippen molar-refractivity contribution in [1.29, 1.82) is 0 Å². The van der Waals surface area contributed by atoms with Crippen LogP contribution in [0.15, 0.2) is 30.5 Å². The number of halogens is 3. The van der Waals surface area contributed by atoms with Gasteiger partial charge in [-0.2, -0.15) is 4.98 Å². The number of fused-ring (bicyclic) bond motifs is 3. The van der Waals surface area contributed by atoms with E-state index in [4.69, 9.17) is 16.3 Å². The Hall–Kier alpha value is -2.98. The summed E-state index contributed by atoms with van der Waals surface area (Å²) in [6, 6.07) is 3.57. The zero-order valence-corrected chi connectivity index (χ0v) is 21.4. The van der Waals surface area contributed by atoms with Crippen LogP contribution in [0, 0.1) is 17.8 Å². The van der Waals surface area contributed by atoms with Gasteiger partial charge < -0.3 is 20.5 Å². The molecule has 1 saturated carbocycles. The molecule has 5 rings (SSSR count). The van der Waals surface area contributed by atoms with E-state index in [1.54, 1.807) is 12.0 Å². The molecular formula is C26H30ClF2N5O3. The van der Waals surface area contributed by atoms with E-state index in [9.17, 15) is 18.7 Å². The van der Waals surface area contributed by atoms with Gasteiger partial charge in [-0.3, -0.25) is 9.69 Å². The van der Waals surface area contributed by atoms with Crippen molar-refractivity contribution >= 4 is 35.0 Å². The second-order valence-corrected chi connectivity index (χ2v) is 10.6. The smallest absolute Gasteiger partial charge is 0.309 e. The summed E-state index contributed by atoms with van der Waals surface area (Å²) in [5.41, 5.74) is 2.76. The van der Waals surface area contributed by atoms with E-state index in [2.05, 4.69) is 26.7 Å². The second kappa shape index (κ2) is 10.1. The molecule has 198 valence electrons. The van der Waals surface area contributed by atoms with Gasteiger partial charge >= 0.3 is 5.97 Å². The molecule has 3 N–H and O–H groups in total. The lowest BCUT2D eigenvalue weighted by Crippen LogP contribution is -2.38. The number of hydrogen-bond acceptors (Lipinski definition) is 7. The van der Waals surface area contributed by atoms with Crippen molar-refractivity contribution in [2.45, 2.75) is 38.2 Å². The van der Waals surface area contributed by atoms with Gasteiger partial charge in [-0.25, -0.2) is 13.8 Å². The van der Waals surface area contributed by atoms with E-state index in [1.807, 2.05) is 18.2 Å². The number of methoxy groups -OCH3 is 1. The lowest BCUT2D eigenvalue weighted by molar-refractivity contribution is -0.142. The molecule has 2 aromatic rings. The quantitative estimate of drug-likeness (QED) is 0.423. The number of alkyl halides is 2. The Morgan fingerprint density at radius 1 is 1.24 bits per heavy atom. The van der Waals surface area contributed by atoms with Crippen molar-refractivity contribution in [3.05, 3.63) is 46.6 Å². The van der Waals surface area contributed by atoms with Gasteiger partial charge in [-0.1, -0.05) is 23.8 Å². The highest BCUT2D eigenvalue weighted by molar-refractivity contribution is 6.32. The van der Waals surface area contributed by atoms with Gasteiger partial charge in [0.15, 0.2) is 5.82 Å². The van der Waals surface area contributed by atoms with Crippen LogP contribution in [0.4, 0.5) is 26.2 Å². The van der Waals surface area contributed by atoms with Gasteiger partial charge in [0, 0.05) is 26.1 Å². The molecule has 11 heteroatoms. The molecule has 0 radical (unpaired) electrons. The van der Waals surface area contributed by atoms with Crippen molar-refractivity contribution in [1.82, 2.24) is 14.9 Å². The van der Waals surface area contributed by atoms with Gasteiger partial charge in [0.2, 0.25) is 5.95 Å². The Labute approximate surface area is 219 Å². The summed E-state index contributed by atoms with van der Waals surface area (Å²) in [5, 5.41) is 16.5. The number of allylic oxidation sites excluding steroid dienone is 1. The van der Waals surface area contributed by atoms with Gasteiger partial charge in [-0.05, 0) is 54.4 Å². The average Bonchev–Trinajstić information content (AvgIpc) is 3.39. The van der Waals surface area contributed by atoms with Crippen molar-refractivity contribution in [2.24, 2.45) is 17.8 Å². The minimum Gasteiger partial charge on any atom is -0.495 e. The van der Waals surface area contributed by atoms with Crippen LogP contribution in [0.25, 0.3) is 0 Å². The standard InChI is InChI=1S/C26H30ClF2N5O3/c1-26(28,29)13-34-7-5-14-10-19(20(37-2)11-15(14)6-8-34)31-25-30-12-18(27)23(33-25)32-22-17-4-3-16(9-17)21(22)24(35)36/h3-4,10-12,16-17,21-22H,5-9,13H2,1-2H3,(H,35,36)(H2,30,31,32,33)/t16-,17+,21+,22-/m1/s1. The largest absolute Gasteiger partial charge is 0.495 e. The molecule has 0 spiro atoms. The van der Waals surface area contributed by atoms with Crippen molar-refractivity contribution in [3.63, 3.8) is 0 Å². The third-order valence-electron chi connectivity index (χ3n) is 7.46. The highest BCUT2D eigenvalue weighted by Crippen LogP contribution is 2.45. The third kappa shape index (κ3) is 5.50. The van der Waals surface area contributed by atoms with Crippen LogP contribution >= 0.6 is 11.6 Å². The summed E-state index contributed by atoms with van der Waals surface area (Å²) in [4.78, 5) is 22.5. The van der Waals surface area contributed by atoms with Gasteiger partial charge in [0.25, 0.3) is 5.92 Å². The molecule has 2 bridgehead atoms. The van der Waals surface area contributed by atoms with E-state index >= 15 is 0 Å². The monoisotopic (exact) mass is 533 g/mol. The minimum absolute atomic E-state index is 0.00141. The van der Waals surface area contributed by atoms with Crippen LogP contribution in [0.5, 0.6) is 5.75 Å². The van der Waals surface area contributed by atoms with Gasteiger partial charge in [-0.15, -0.1) is 0 Å². The number of aliphatic carboxylic acids is 1. The summed E-state index contributed by atoms with van der Waals surface area (Å²) in [6.07, 6.45) is 7.58. The van der Waals surface area contributed by atoms with Crippen LogP contribution < -0.4 is 15.4 Å². The lowest BCUT2D eigenvalue weighted by atomic mass is 9.89. The Balaban J connectivity index is 1.35. The van der Waals surface area contributed by atoms with Crippen LogP contribution in [-0.2, 0) is 17.6 Å². The molecule has 2 heterocycles. The highest BCUT2D eigenvalue weighted by atomic mass is 35.5. The molecule has 1 aliphatic heterocycles. The SMILES string of the molecule is COc1cc2c(cc1Nc1ncc(Cl)c(N[C@H]3[C@@H](C(=O)O)[C@@H]4C=C[C@H]3C4)n1)CCN(CC(C)(F)F)CC2. The third-order valence-corrected chi connectivity index (χ3v) is 7.73. The first-order valence-corrected chi connectivity index (χ1v) is 12.8. The fourth-order valence-corrected chi connectivity index (χ4v) is 5.93. The molecule has 1 aromatic heterocycles. The molecule has 0 unspecified atom stereocenters. The zero-order valence-electron chi connectivity index (χ0n) is 20.7. The number of carboxylic acids is 1. The Bertz CT molecular complexity index is 1220. The molecule has 1 fully saturated rings. The summed E-state index contributed by atoms with van der Waals surface area (Å²) < 4.78 is 32.7. The average molecular weight is 534 g/mol. The summed E-state index contributed by atoms with van der Waals surface area (Å²) in [5.74, 6) is -2.80. The number of nitrogens with one attached hydrogen (secondary N) is 2. The first-order chi connectivity index (χ1) is 17.6. The normalized spacial score (nSPS) is 25.0. The van der Waals surface area contributed by atoms with E-state index in [0.29, 0.717) is 48.2 Å². The lowest BCUT2D eigenvalue weighted by Gasteiger charge is -2.26. The van der Waals surface area contributed by atoms with E-state index < -0.39 is 17.8 Å². The second-order valence-electron chi connectivity index (χ2n) is 10.2. The van der Waals surface area contributed by atoms with E-state index in [0.717, 1.165) is 24.5 Å². The number of rotatable bonds is 8. The molecule has 37 heavy (non-hydrogen) atoms. The predicted octanol–water partition coefficient (Wildman–Crippen LogP) is 4.63. The zero-order chi connectivity index (χ0) is 26.3. The predicted molar refractivity (Wildman–Crippen MR) is 137 cm³/mol. The van der Waals surface area contributed by atoms with Gasteiger partial charge in [0.1, 0.15) is 10.8 Å². The molecule has 3 aliphatic rings. The van der Waals surface area contributed by atoms with Crippen molar-refractivity contribution in [2.75, 3.05) is 37.4 Å². The Kier molecular flexibility index (Phi) is 6.97. The van der Waals surface area contributed by atoms with Crippen LogP contribution in [0.2, 0.25) is 5.02 Å². The van der Waals surface area contributed by atoms with Crippen molar-refractivity contribution in [3.8, 4) is 5.75 Å². The Morgan fingerprint density at radius 2 is 1.95 bits per heavy atom. The Morgan fingerprint density at radius 3 is 2.62 bits per heavy atom. The number of aromatic nitrogens is 2. The van der Waals surface area contributed by atoms with Crippen molar-refractivity contribution < 1.29 is 23.4 Å². The molecule has 2 aliphatic carbocycles. The maximum atomic E-state index is 13.6. The number of carbonyl (C=O) groups is 1. The summed E-state index contributed by atoms with van der Waals surface area (Å²) in [7, 11) is 1.57. The fraction of sp³-hybridized carbons (Fsp3) is 0.500. The van der Waals surface area contributed by atoms with Crippen LogP contribution in [0.1, 0.15) is 24.5 Å². The number of hydrogen-bond donors (Lipinski definition) is 3. The minimum atomic E-state index is -2.74. The maximum Gasteiger partial charge on any atom is 0.309 e. The van der Waals surface area contributed by atoms with E-state index in [1.165, 1.54) is 6.20 Å². The highest BCUT2D eigenvalue weighted by Gasteiger charge is 2.48. The summed E-state index contributed by atoms with van der Waals surface area (Å²) >= 11 is 6.37. The van der Waals surface area contributed by atoms with E-state index in [-0.39, 0.29) is 30.4 Å². The van der Waals surface area contributed by atoms with Crippen LogP contribution in [0.3, 0.4) is 0 Å². The number of benzene rings is 1.